The number of carboxylic acids is 1. The third-order valence-electron chi connectivity index (χ3n) is 6.02. The van der Waals surface area contributed by atoms with Gasteiger partial charge in [-0.3, -0.25) is 14.9 Å². The van der Waals surface area contributed by atoms with Gasteiger partial charge in [-0.15, -0.1) is 0 Å². The Morgan fingerprint density at radius 2 is 1.70 bits per heavy atom. The number of aryl methyl sites for hydroxylation is 1. The van der Waals surface area contributed by atoms with Crippen molar-refractivity contribution in [2.45, 2.75) is 63.8 Å². The molecule has 0 bridgehead atoms. The molecule has 1 fully saturated rings. The highest BCUT2D eigenvalue weighted by Gasteiger charge is 2.35. The standard InChI is InChI=1S/C26H32N2O5/c1-19(26(32)33-18-21-12-6-3-7-13-21)28-17-9-8-14-22(24(28)29)27-23(25(30)31)16-15-20-10-4-2-5-11-20/h2-7,10-13,19,22-23,27H,8-9,14-18H2,1H3,(H,30,31)/t19?,22-,23?/m0/s1. The fourth-order valence-electron chi connectivity index (χ4n) is 4.06. The van der Waals surface area contributed by atoms with E-state index in [4.69, 9.17) is 4.74 Å². The maximum Gasteiger partial charge on any atom is 0.328 e. The van der Waals surface area contributed by atoms with Crippen molar-refractivity contribution in [2.75, 3.05) is 6.54 Å². The van der Waals surface area contributed by atoms with Gasteiger partial charge in [0.2, 0.25) is 5.91 Å². The molecule has 3 rings (SSSR count). The summed E-state index contributed by atoms with van der Waals surface area (Å²) in [4.78, 5) is 39.3. The van der Waals surface area contributed by atoms with Crippen molar-refractivity contribution in [3.63, 3.8) is 0 Å². The molecule has 3 atom stereocenters. The predicted molar refractivity (Wildman–Crippen MR) is 124 cm³/mol. The summed E-state index contributed by atoms with van der Waals surface area (Å²) in [6.45, 7) is 2.26. The number of ether oxygens (including phenoxy) is 1. The molecule has 0 aromatic heterocycles. The molecule has 33 heavy (non-hydrogen) atoms. The van der Waals surface area contributed by atoms with Gasteiger partial charge in [0.1, 0.15) is 18.7 Å². The first-order chi connectivity index (χ1) is 16.0. The number of likely N-dealkylation sites (tertiary alicyclic amines) is 1. The Labute approximate surface area is 194 Å². The minimum absolute atomic E-state index is 0.147. The van der Waals surface area contributed by atoms with Gasteiger partial charge in [-0.1, -0.05) is 60.7 Å². The number of hydrogen-bond donors (Lipinski definition) is 2. The minimum Gasteiger partial charge on any atom is -0.480 e. The quantitative estimate of drug-likeness (QED) is 0.538. The average molecular weight is 453 g/mol. The van der Waals surface area contributed by atoms with Crippen LogP contribution in [0.3, 0.4) is 0 Å². The molecule has 0 radical (unpaired) electrons. The van der Waals surface area contributed by atoms with E-state index < -0.39 is 30.1 Å². The Morgan fingerprint density at radius 1 is 1.06 bits per heavy atom. The number of aliphatic carboxylic acids is 1. The molecule has 1 aliphatic heterocycles. The molecule has 7 heteroatoms. The third-order valence-corrected chi connectivity index (χ3v) is 6.02. The summed E-state index contributed by atoms with van der Waals surface area (Å²) in [5, 5.41) is 12.8. The minimum atomic E-state index is -0.982. The lowest BCUT2D eigenvalue weighted by Crippen LogP contribution is -2.54. The molecule has 1 aliphatic rings. The summed E-state index contributed by atoms with van der Waals surface area (Å²) >= 11 is 0. The third kappa shape index (κ3) is 7.15. The summed E-state index contributed by atoms with van der Waals surface area (Å²) in [5.41, 5.74) is 1.93. The zero-order valence-corrected chi connectivity index (χ0v) is 19.0. The van der Waals surface area contributed by atoms with E-state index in [-0.39, 0.29) is 12.5 Å². The SMILES string of the molecule is CC(C(=O)OCc1ccccc1)N1CCCC[C@H](NC(CCc2ccccc2)C(=O)O)C1=O. The normalized spacial score (nSPS) is 18.3. The number of hydrogen-bond acceptors (Lipinski definition) is 5. The topological polar surface area (TPSA) is 95.9 Å². The maximum absolute atomic E-state index is 13.3. The molecule has 7 nitrogen and oxygen atoms in total. The zero-order chi connectivity index (χ0) is 23.6. The number of esters is 1. The lowest BCUT2D eigenvalue weighted by atomic mass is 10.0. The number of benzene rings is 2. The van der Waals surface area contributed by atoms with Crippen molar-refractivity contribution in [3.05, 3.63) is 71.8 Å². The second kappa shape index (κ2) is 12.2. The first-order valence-corrected chi connectivity index (χ1v) is 11.5. The maximum atomic E-state index is 13.3. The molecular formula is C26H32N2O5. The summed E-state index contributed by atoms with van der Waals surface area (Å²) in [6.07, 6.45) is 3.03. The van der Waals surface area contributed by atoms with Gasteiger partial charge in [-0.05, 0) is 50.2 Å². The van der Waals surface area contributed by atoms with Crippen LogP contribution >= 0.6 is 0 Å². The van der Waals surface area contributed by atoms with Crippen LogP contribution in [-0.4, -0.2) is 52.5 Å². The van der Waals surface area contributed by atoms with Gasteiger partial charge >= 0.3 is 11.9 Å². The Balaban J connectivity index is 1.60. The number of carbonyl (C=O) groups excluding carboxylic acids is 2. The summed E-state index contributed by atoms with van der Waals surface area (Å²) < 4.78 is 5.43. The Bertz CT molecular complexity index is 919. The van der Waals surface area contributed by atoms with E-state index in [0.29, 0.717) is 25.8 Å². The molecule has 1 saturated heterocycles. The first-order valence-electron chi connectivity index (χ1n) is 11.5. The van der Waals surface area contributed by atoms with E-state index in [0.717, 1.165) is 24.0 Å². The highest BCUT2D eigenvalue weighted by Crippen LogP contribution is 2.18. The number of carboxylic acid groups (broad SMARTS) is 1. The van der Waals surface area contributed by atoms with Crippen LogP contribution in [0.15, 0.2) is 60.7 Å². The fraction of sp³-hybridized carbons (Fsp3) is 0.423. The molecule has 0 aliphatic carbocycles. The van der Waals surface area contributed by atoms with Crippen molar-refractivity contribution < 1.29 is 24.2 Å². The van der Waals surface area contributed by atoms with Crippen molar-refractivity contribution >= 4 is 17.8 Å². The van der Waals surface area contributed by atoms with Crippen molar-refractivity contribution in [1.29, 1.82) is 0 Å². The van der Waals surface area contributed by atoms with E-state index >= 15 is 0 Å². The van der Waals surface area contributed by atoms with Crippen LogP contribution < -0.4 is 5.32 Å². The number of carbonyl (C=O) groups is 3. The van der Waals surface area contributed by atoms with E-state index in [1.807, 2.05) is 60.7 Å². The molecular weight excluding hydrogens is 420 g/mol. The van der Waals surface area contributed by atoms with Gasteiger partial charge in [0.25, 0.3) is 0 Å². The monoisotopic (exact) mass is 452 g/mol. The van der Waals surface area contributed by atoms with Crippen LogP contribution in [-0.2, 0) is 32.1 Å². The van der Waals surface area contributed by atoms with Crippen LogP contribution in [0, 0.1) is 0 Å². The molecule has 176 valence electrons. The number of nitrogens with zero attached hydrogens (tertiary/aromatic N) is 1. The average Bonchev–Trinajstić information content (AvgIpc) is 3.02. The highest BCUT2D eigenvalue weighted by atomic mass is 16.5. The van der Waals surface area contributed by atoms with Crippen molar-refractivity contribution in [2.24, 2.45) is 0 Å². The highest BCUT2D eigenvalue weighted by molar-refractivity contribution is 5.88. The summed E-state index contributed by atoms with van der Waals surface area (Å²) in [7, 11) is 0. The number of amides is 1. The van der Waals surface area contributed by atoms with E-state index in [2.05, 4.69) is 5.32 Å². The van der Waals surface area contributed by atoms with Gasteiger partial charge in [0.15, 0.2) is 0 Å². The molecule has 1 heterocycles. The summed E-state index contributed by atoms with van der Waals surface area (Å²) in [5.74, 6) is -1.70. The molecule has 2 unspecified atom stereocenters. The first kappa shape index (κ1) is 24.5. The van der Waals surface area contributed by atoms with Crippen LogP contribution in [0.5, 0.6) is 0 Å². The lowest BCUT2D eigenvalue weighted by Gasteiger charge is -2.30. The second-order valence-electron chi connectivity index (χ2n) is 8.43. The van der Waals surface area contributed by atoms with Crippen LogP contribution in [0.4, 0.5) is 0 Å². The Hall–Kier alpha value is -3.19. The van der Waals surface area contributed by atoms with Crippen molar-refractivity contribution in [3.8, 4) is 0 Å². The van der Waals surface area contributed by atoms with Crippen molar-refractivity contribution in [1.82, 2.24) is 10.2 Å². The zero-order valence-electron chi connectivity index (χ0n) is 19.0. The molecule has 0 spiro atoms. The van der Waals surface area contributed by atoms with Gasteiger partial charge in [0, 0.05) is 6.54 Å². The van der Waals surface area contributed by atoms with Gasteiger partial charge < -0.3 is 14.7 Å². The Kier molecular flexibility index (Phi) is 9.01. The second-order valence-corrected chi connectivity index (χ2v) is 8.43. The van der Waals surface area contributed by atoms with E-state index in [1.165, 1.54) is 4.90 Å². The van der Waals surface area contributed by atoms with Crippen LogP contribution in [0.25, 0.3) is 0 Å². The predicted octanol–water partition coefficient (Wildman–Crippen LogP) is 3.18. The molecule has 2 N–H and O–H groups in total. The molecule has 0 saturated carbocycles. The van der Waals surface area contributed by atoms with Gasteiger partial charge in [-0.2, -0.15) is 0 Å². The van der Waals surface area contributed by atoms with Crippen LogP contribution in [0.1, 0.15) is 43.7 Å². The van der Waals surface area contributed by atoms with Gasteiger partial charge in [0.05, 0.1) is 6.04 Å². The molecule has 2 aromatic rings. The smallest absolute Gasteiger partial charge is 0.328 e. The van der Waals surface area contributed by atoms with Gasteiger partial charge in [-0.25, -0.2) is 4.79 Å². The van der Waals surface area contributed by atoms with E-state index in [1.54, 1.807) is 6.92 Å². The number of nitrogens with one attached hydrogen (secondary N) is 1. The lowest BCUT2D eigenvalue weighted by molar-refractivity contribution is -0.156. The number of rotatable bonds is 10. The fourth-order valence-corrected chi connectivity index (χ4v) is 4.06. The summed E-state index contributed by atoms with van der Waals surface area (Å²) in [6, 6.07) is 16.8. The molecule has 1 amide bonds. The molecule has 2 aromatic carbocycles. The van der Waals surface area contributed by atoms with E-state index in [9.17, 15) is 19.5 Å². The van der Waals surface area contributed by atoms with Crippen LogP contribution in [0.2, 0.25) is 0 Å². The largest absolute Gasteiger partial charge is 0.480 e. The Morgan fingerprint density at radius 3 is 2.33 bits per heavy atom.